The standard InChI is InChI=1S/C21H28ClNO5S/c1-3-27-13-15-12-17(23-28-15)19-18(29(25,26)4-2)11-10-16(20(19)22)21(24)14-8-6-5-7-9-14/h10-11,14-15H,3-9,12-13H2,1-2H3. The Morgan fingerprint density at radius 2 is 1.97 bits per heavy atom. The molecule has 1 aromatic carbocycles. The number of Topliss-reactive ketones (excluding diaryl/α,β-unsaturated/α-hetero) is 1. The number of hydrogen-bond donors (Lipinski definition) is 0. The highest BCUT2D eigenvalue weighted by molar-refractivity contribution is 7.91. The average Bonchev–Trinajstić information content (AvgIpc) is 3.20. The van der Waals surface area contributed by atoms with Gasteiger partial charge in [0.1, 0.15) is 0 Å². The van der Waals surface area contributed by atoms with Crippen LogP contribution in [0.4, 0.5) is 0 Å². The molecule has 1 saturated carbocycles. The van der Waals surface area contributed by atoms with Crippen molar-refractivity contribution in [2.45, 2.75) is 63.4 Å². The summed E-state index contributed by atoms with van der Waals surface area (Å²) < 4.78 is 30.8. The highest BCUT2D eigenvalue weighted by Gasteiger charge is 2.33. The lowest BCUT2D eigenvalue weighted by molar-refractivity contribution is 0.00672. The van der Waals surface area contributed by atoms with Crippen molar-refractivity contribution in [3.05, 3.63) is 28.3 Å². The van der Waals surface area contributed by atoms with E-state index in [0.29, 0.717) is 36.5 Å². The number of oxime groups is 1. The van der Waals surface area contributed by atoms with E-state index < -0.39 is 9.84 Å². The van der Waals surface area contributed by atoms with Crippen LogP contribution in [0.3, 0.4) is 0 Å². The molecule has 3 rings (SSSR count). The number of nitrogens with zero attached hydrogens (tertiary/aromatic N) is 1. The first-order valence-electron chi connectivity index (χ1n) is 10.3. The Hall–Kier alpha value is -1.44. The highest BCUT2D eigenvalue weighted by atomic mass is 35.5. The van der Waals surface area contributed by atoms with Crippen molar-refractivity contribution < 1.29 is 22.8 Å². The first kappa shape index (κ1) is 22.2. The molecule has 1 aromatic rings. The molecule has 0 bridgehead atoms. The summed E-state index contributed by atoms with van der Waals surface area (Å²) in [5.74, 6) is -0.139. The van der Waals surface area contributed by atoms with Crippen molar-refractivity contribution in [1.29, 1.82) is 0 Å². The molecule has 6 nitrogen and oxygen atoms in total. The number of benzene rings is 1. The van der Waals surface area contributed by atoms with Gasteiger partial charge in [0.25, 0.3) is 0 Å². The number of rotatable bonds is 8. The van der Waals surface area contributed by atoms with E-state index in [9.17, 15) is 13.2 Å². The average molecular weight is 442 g/mol. The fourth-order valence-electron chi connectivity index (χ4n) is 3.93. The minimum absolute atomic E-state index is 0.0122. The summed E-state index contributed by atoms with van der Waals surface area (Å²) in [6, 6.07) is 3.05. The van der Waals surface area contributed by atoms with Crippen LogP contribution in [0.25, 0.3) is 0 Å². The van der Waals surface area contributed by atoms with Crippen molar-refractivity contribution in [2.24, 2.45) is 11.1 Å². The summed E-state index contributed by atoms with van der Waals surface area (Å²) in [6.07, 6.45) is 4.99. The molecule has 160 valence electrons. The number of carbonyl (C=O) groups is 1. The molecule has 29 heavy (non-hydrogen) atoms. The molecule has 0 spiro atoms. The van der Waals surface area contributed by atoms with E-state index in [1.165, 1.54) is 6.07 Å². The molecule has 8 heteroatoms. The Kier molecular flexibility index (Phi) is 7.35. The zero-order chi connectivity index (χ0) is 21.0. The number of sulfone groups is 1. The second kappa shape index (κ2) is 9.58. The number of ketones is 1. The summed E-state index contributed by atoms with van der Waals surface area (Å²) in [6.45, 7) is 4.38. The van der Waals surface area contributed by atoms with Gasteiger partial charge in [0.05, 0.1) is 28.0 Å². The van der Waals surface area contributed by atoms with Crippen LogP contribution >= 0.6 is 11.6 Å². The highest BCUT2D eigenvalue weighted by Crippen LogP contribution is 2.35. The van der Waals surface area contributed by atoms with Gasteiger partial charge in [0, 0.05) is 30.1 Å². The SMILES string of the molecule is CCOCC1CC(c2c(S(=O)(=O)CC)ccc(C(=O)C3CCCCC3)c2Cl)=NO1. The second-order valence-corrected chi connectivity index (χ2v) is 10.2. The third-order valence-electron chi connectivity index (χ3n) is 5.59. The van der Waals surface area contributed by atoms with E-state index in [-0.39, 0.29) is 33.5 Å². The number of halogens is 1. The predicted molar refractivity (Wildman–Crippen MR) is 113 cm³/mol. The summed E-state index contributed by atoms with van der Waals surface area (Å²) in [7, 11) is -3.55. The van der Waals surface area contributed by atoms with Crippen molar-refractivity contribution in [1.82, 2.24) is 0 Å². The Balaban J connectivity index is 2.00. The van der Waals surface area contributed by atoms with Crippen LogP contribution in [-0.2, 0) is 19.4 Å². The van der Waals surface area contributed by atoms with Gasteiger partial charge in [-0.15, -0.1) is 0 Å². The van der Waals surface area contributed by atoms with Crippen molar-refractivity contribution >= 4 is 32.9 Å². The summed E-state index contributed by atoms with van der Waals surface area (Å²) in [5, 5.41) is 4.26. The van der Waals surface area contributed by atoms with Gasteiger partial charge in [0.2, 0.25) is 0 Å². The minimum Gasteiger partial charge on any atom is -0.389 e. The third-order valence-corrected chi connectivity index (χ3v) is 7.75. The van der Waals surface area contributed by atoms with E-state index in [4.69, 9.17) is 21.2 Å². The van der Waals surface area contributed by atoms with Crippen LogP contribution in [0.1, 0.15) is 68.3 Å². The maximum absolute atomic E-state index is 13.1. The maximum atomic E-state index is 13.1. The number of carbonyl (C=O) groups excluding carboxylic acids is 1. The van der Waals surface area contributed by atoms with Gasteiger partial charge in [-0.05, 0) is 31.9 Å². The molecular weight excluding hydrogens is 414 g/mol. The van der Waals surface area contributed by atoms with Crippen LogP contribution in [-0.4, -0.2) is 45.0 Å². The van der Waals surface area contributed by atoms with Crippen molar-refractivity contribution in [3.63, 3.8) is 0 Å². The van der Waals surface area contributed by atoms with Crippen LogP contribution in [0.15, 0.2) is 22.2 Å². The van der Waals surface area contributed by atoms with Gasteiger partial charge >= 0.3 is 0 Å². The Morgan fingerprint density at radius 1 is 1.24 bits per heavy atom. The van der Waals surface area contributed by atoms with E-state index >= 15 is 0 Å². The van der Waals surface area contributed by atoms with Crippen LogP contribution in [0.2, 0.25) is 5.02 Å². The van der Waals surface area contributed by atoms with Crippen LogP contribution < -0.4 is 0 Å². The zero-order valence-corrected chi connectivity index (χ0v) is 18.5. The topological polar surface area (TPSA) is 82.0 Å². The van der Waals surface area contributed by atoms with Crippen molar-refractivity contribution in [3.8, 4) is 0 Å². The molecule has 0 amide bonds. The molecule has 1 aliphatic heterocycles. The molecule has 0 aromatic heterocycles. The van der Waals surface area contributed by atoms with E-state index in [1.54, 1.807) is 13.0 Å². The van der Waals surface area contributed by atoms with Crippen LogP contribution in [0, 0.1) is 5.92 Å². The van der Waals surface area contributed by atoms with Gasteiger partial charge in [0.15, 0.2) is 21.7 Å². The predicted octanol–water partition coefficient (Wildman–Crippen LogP) is 4.43. The first-order chi connectivity index (χ1) is 13.9. The third kappa shape index (κ3) is 4.84. The molecular formula is C21H28ClNO5S. The molecule has 1 aliphatic carbocycles. The Labute approximate surface area is 177 Å². The zero-order valence-electron chi connectivity index (χ0n) is 16.9. The van der Waals surface area contributed by atoms with E-state index in [0.717, 1.165) is 32.1 Å². The number of ether oxygens (including phenoxy) is 1. The van der Waals surface area contributed by atoms with Gasteiger partial charge < -0.3 is 9.57 Å². The fraction of sp³-hybridized carbons (Fsp3) is 0.619. The van der Waals surface area contributed by atoms with E-state index in [1.807, 2.05) is 6.92 Å². The fourth-order valence-corrected chi connectivity index (χ4v) is 5.47. The molecule has 1 heterocycles. The lowest BCUT2D eigenvalue weighted by atomic mass is 9.83. The van der Waals surface area contributed by atoms with Gasteiger partial charge in [-0.3, -0.25) is 4.79 Å². The van der Waals surface area contributed by atoms with Gasteiger partial charge in [-0.1, -0.05) is 42.9 Å². The quantitative estimate of drug-likeness (QED) is 0.557. The summed E-state index contributed by atoms with van der Waals surface area (Å²) >= 11 is 6.67. The largest absolute Gasteiger partial charge is 0.389 e. The lowest BCUT2D eigenvalue weighted by Crippen LogP contribution is -2.21. The van der Waals surface area contributed by atoms with Gasteiger partial charge in [-0.25, -0.2) is 8.42 Å². The van der Waals surface area contributed by atoms with E-state index in [2.05, 4.69) is 5.16 Å². The summed E-state index contributed by atoms with van der Waals surface area (Å²) in [4.78, 5) is 18.6. The maximum Gasteiger partial charge on any atom is 0.178 e. The number of hydrogen-bond acceptors (Lipinski definition) is 6. The molecule has 0 saturated heterocycles. The first-order valence-corrected chi connectivity index (χ1v) is 12.3. The monoisotopic (exact) mass is 441 g/mol. The second-order valence-electron chi connectivity index (χ2n) is 7.53. The van der Waals surface area contributed by atoms with Crippen LogP contribution in [0.5, 0.6) is 0 Å². The Bertz CT molecular complexity index is 891. The molecule has 0 N–H and O–H groups in total. The molecule has 1 unspecified atom stereocenters. The molecule has 2 aliphatic rings. The Morgan fingerprint density at radius 3 is 2.62 bits per heavy atom. The normalized spacial score (nSPS) is 20.4. The molecule has 1 fully saturated rings. The molecule has 0 radical (unpaired) electrons. The van der Waals surface area contributed by atoms with Gasteiger partial charge in [-0.2, -0.15) is 0 Å². The van der Waals surface area contributed by atoms with Crippen molar-refractivity contribution in [2.75, 3.05) is 19.0 Å². The smallest absolute Gasteiger partial charge is 0.178 e. The summed E-state index contributed by atoms with van der Waals surface area (Å²) in [5.41, 5.74) is 1.12. The minimum atomic E-state index is -3.55. The molecule has 1 atom stereocenters. The lowest BCUT2D eigenvalue weighted by Gasteiger charge is -2.22.